The van der Waals surface area contributed by atoms with E-state index in [1.165, 1.54) is 17.3 Å². The van der Waals surface area contributed by atoms with Crippen molar-refractivity contribution < 1.29 is 5.11 Å². The fraction of sp³-hybridized carbons (Fsp3) is 0.0909. The van der Waals surface area contributed by atoms with Crippen molar-refractivity contribution in [2.24, 2.45) is 15.9 Å². The fourth-order valence-corrected chi connectivity index (χ4v) is 3.23. The van der Waals surface area contributed by atoms with E-state index in [-0.39, 0.29) is 6.61 Å². The number of nitrogens with two attached hydrogens (primary N) is 1. The Balaban J connectivity index is 1.71. The van der Waals surface area contributed by atoms with Crippen LogP contribution >= 0.6 is 11.8 Å². The monoisotopic (exact) mass is 375 g/mol. The molecule has 3 N–H and O–H groups in total. The summed E-state index contributed by atoms with van der Waals surface area (Å²) in [4.78, 5) is 0. The van der Waals surface area contributed by atoms with E-state index < -0.39 is 0 Å². The number of aliphatic hydroxyl groups excluding tert-OH is 1. The van der Waals surface area contributed by atoms with Crippen LogP contribution in [0.5, 0.6) is 0 Å². The van der Waals surface area contributed by atoms with E-state index in [0.29, 0.717) is 5.17 Å². The summed E-state index contributed by atoms with van der Waals surface area (Å²) in [6.07, 6.45) is 1.71. The van der Waals surface area contributed by atoms with E-state index >= 15 is 0 Å². The van der Waals surface area contributed by atoms with Crippen molar-refractivity contribution in [3.8, 4) is 11.1 Å². The van der Waals surface area contributed by atoms with Gasteiger partial charge in [0.2, 0.25) is 0 Å². The number of rotatable bonds is 6. The summed E-state index contributed by atoms with van der Waals surface area (Å²) in [7, 11) is 0. The standard InChI is InChI=1S/C22H21N3OS/c23-22(27-16-17-7-2-1-3-8-17)25-24-14-20-10-4-5-12-21(20)19-11-6-9-18(13-19)15-26/h1-14,26H,15-16H2,(H2,23,25). The molecule has 27 heavy (non-hydrogen) atoms. The largest absolute Gasteiger partial charge is 0.392 e. The van der Waals surface area contributed by atoms with Crippen LogP contribution in [0.2, 0.25) is 0 Å². The Kier molecular flexibility index (Phi) is 6.79. The molecule has 5 heteroatoms. The average molecular weight is 375 g/mol. The molecule has 0 radical (unpaired) electrons. The van der Waals surface area contributed by atoms with Gasteiger partial charge in [0.1, 0.15) is 0 Å². The maximum atomic E-state index is 9.35. The number of nitrogens with zero attached hydrogens (tertiary/aromatic N) is 2. The summed E-state index contributed by atoms with van der Waals surface area (Å²) in [5.41, 5.74) is 11.0. The third kappa shape index (κ3) is 5.54. The van der Waals surface area contributed by atoms with Crippen molar-refractivity contribution in [2.45, 2.75) is 12.4 Å². The van der Waals surface area contributed by atoms with E-state index in [9.17, 15) is 5.11 Å². The molecule has 0 heterocycles. The quantitative estimate of drug-likeness (QED) is 0.380. The second-order valence-electron chi connectivity index (χ2n) is 5.90. The minimum atomic E-state index is 0.0174. The first kappa shape index (κ1) is 18.9. The van der Waals surface area contributed by atoms with E-state index in [1.54, 1.807) is 6.21 Å². The van der Waals surface area contributed by atoms with Gasteiger partial charge in [0, 0.05) is 11.3 Å². The smallest absolute Gasteiger partial charge is 0.180 e. The van der Waals surface area contributed by atoms with Crippen LogP contribution in [0, 0.1) is 0 Å². The molecule has 0 aliphatic rings. The highest BCUT2D eigenvalue weighted by Gasteiger charge is 2.04. The number of benzene rings is 3. The molecule has 3 rings (SSSR count). The molecule has 4 nitrogen and oxygen atoms in total. The van der Waals surface area contributed by atoms with Gasteiger partial charge >= 0.3 is 0 Å². The van der Waals surface area contributed by atoms with Crippen LogP contribution in [-0.2, 0) is 12.4 Å². The van der Waals surface area contributed by atoms with Gasteiger partial charge in [-0.15, -0.1) is 5.10 Å². The maximum Gasteiger partial charge on any atom is 0.180 e. The predicted octanol–water partition coefficient (Wildman–Crippen LogP) is 4.43. The van der Waals surface area contributed by atoms with Crippen LogP contribution in [0.3, 0.4) is 0 Å². The lowest BCUT2D eigenvalue weighted by atomic mass is 9.99. The van der Waals surface area contributed by atoms with Crippen molar-refractivity contribution in [1.82, 2.24) is 0 Å². The van der Waals surface area contributed by atoms with Gasteiger partial charge in [-0.3, -0.25) is 0 Å². The van der Waals surface area contributed by atoms with Crippen molar-refractivity contribution in [2.75, 3.05) is 0 Å². The van der Waals surface area contributed by atoms with Crippen LogP contribution in [0.4, 0.5) is 0 Å². The SMILES string of the molecule is NC(=NN=Cc1ccccc1-c1cccc(CO)c1)SCc1ccccc1. The first-order valence-electron chi connectivity index (χ1n) is 8.58. The molecule has 0 bridgehead atoms. The second kappa shape index (κ2) is 9.71. The number of hydrogen-bond acceptors (Lipinski definition) is 4. The molecule has 0 spiro atoms. The number of amidine groups is 1. The molecule has 0 saturated carbocycles. The molecule has 3 aromatic rings. The minimum Gasteiger partial charge on any atom is -0.392 e. The van der Waals surface area contributed by atoms with Crippen molar-refractivity contribution in [3.63, 3.8) is 0 Å². The Bertz CT molecular complexity index is 939. The summed E-state index contributed by atoms with van der Waals surface area (Å²) in [5.74, 6) is 0.760. The van der Waals surface area contributed by atoms with Crippen molar-refractivity contribution in [1.29, 1.82) is 0 Å². The summed E-state index contributed by atoms with van der Waals surface area (Å²) < 4.78 is 0. The van der Waals surface area contributed by atoms with Crippen LogP contribution < -0.4 is 5.73 Å². The molecule has 0 aliphatic carbocycles. The van der Waals surface area contributed by atoms with Crippen molar-refractivity contribution >= 4 is 23.1 Å². The van der Waals surface area contributed by atoms with E-state index in [4.69, 9.17) is 5.73 Å². The molecule has 0 amide bonds. The zero-order valence-corrected chi connectivity index (χ0v) is 15.6. The summed E-state index contributed by atoms with van der Waals surface area (Å²) in [5, 5.41) is 18.0. The topological polar surface area (TPSA) is 71.0 Å². The van der Waals surface area contributed by atoms with Crippen LogP contribution in [0.25, 0.3) is 11.1 Å². The predicted molar refractivity (Wildman–Crippen MR) is 115 cm³/mol. The molecule has 0 atom stereocenters. The molecule has 3 aromatic carbocycles. The average Bonchev–Trinajstić information content (AvgIpc) is 2.73. The molecule has 0 fully saturated rings. The van der Waals surface area contributed by atoms with Gasteiger partial charge in [0.15, 0.2) is 5.17 Å². The van der Waals surface area contributed by atoms with Crippen LogP contribution in [0.1, 0.15) is 16.7 Å². The lowest BCUT2D eigenvalue weighted by Crippen LogP contribution is -2.06. The molecular weight excluding hydrogens is 354 g/mol. The van der Waals surface area contributed by atoms with Crippen molar-refractivity contribution in [3.05, 3.63) is 95.6 Å². The maximum absolute atomic E-state index is 9.35. The molecule has 0 aromatic heterocycles. The molecule has 136 valence electrons. The first-order chi connectivity index (χ1) is 13.3. The lowest BCUT2D eigenvalue weighted by Gasteiger charge is -2.07. The van der Waals surface area contributed by atoms with Gasteiger partial charge in [0.25, 0.3) is 0 Å². The number of thioether (sulfide) groups is 1. The summed E-state index contributed by atoms with van der Waals surface area (Å²) in [6.45, 7) is 0.0174. The van der Waals surface area contributed by atoms with E-state index in [1.807, 2.05) is 66.7 Å². The first-order valence-corrected chi connectivity index (χ1v) is 9.57. The minimum absolute atomic E-state index is 0.0174. The molecule has 0 unspecified atom stereocenters. The van der Waals surface area contributed by atoms with Gasteiger partial charge in [-0.2, -0.15) is 5.10 Å². The van der Waals surface area contributed by atoms with E-state index in [2.05, 4.69) is 22.3 Å². The third-order valence-corrected chi connectivity index (χ3v) is 4.82. The Morgan fingerprint density at radius 1 is 0.926 bits per heavy atom. The van der Waals surface area contributed by atoms with Gasteiger partial charge < -0.3 is 10.8 Å². The Morgan fingerprint density at radius 2 is 1.67 bits per heavy atom. The second-order valence-corrected chi connectivity index (χ2v) is 6.90. The summed E-state index contributed by atoms with van der Waals surface area (Å²) >= 11 is 1.46. The van der Waals surface area contributed by atoms with Gasteiger partial charge in [-0.05, 0) is 28.3 Å². The zero-order valence-electron chi connectivity index (χ0n) is 14.8. The third-order valence-electron chi connectivity index (χ3n) is 3.96. The van der Waals surface area contributed by atoms with Crippen LogP contribution in [-0.4, -0.2) is 16.5 Å². The normalized spacial score (nSPS) is 11.8. The Labute approximate surface area is 163 Å². The van der Waals surface area contributed by atoms with Gasteiger partial charge in [-0.1, -0.05) is 84.6 Å². The van der Waals surface area contributed by atoms with Gasteiger partial charge in [-0.25, -0.2) is 0 Å². The number of hydrogen-bond donors (Lipinski definition) is 2. The highest BCUT2D eigenvalue weighted by Crippen LogP contribution is 2.23. The zero-order chi connectivity index (χ0) is 18.9. The Hall–Kier alpha value is -2.89. The number of aliphatic hydroxyl groups is 1. The van der Waals surface area contributed by atoms with Crippen LogP contribution in [0.15, 0.2) is 89.1 Å². The highest BCUT2D eigenvalue weighted by atomic mass is 32.2. The lowest BCUT2D eigenvalue weighted by molar-refractivity contribution is 0.282. The molecule has 0 saturated heterocycles. The van der Waals surface area contributed by atoms with Gasteiger partial charge in [0.05, 0.1) is 12.8 Å². The molecular formula is C22H21N3OS. The van der Waals surface area contributed by atoms with E-state index in [0.717, 1.165) is 28.0 Å². The Morgan fingerprint density at radius 3 is 2.48 bits per heavy atom. The molecule has 0 aliphatic heterocycles. The highest BCUT2D eigenvalue weighted by molar-refractivity contribution is 8.13. The fourth-order valence-electron chi connectivity index (χ4n) is 2.62. The summed E-state index contributed by atoms with van der Waals surface area (Å²) in [6, 6.07) is 25.9.